The van der Waals surface area contributed by atoms with Crippen LogP contribution in [0.5, 0.6) is 0 Å². The summed E-state index contributed by atoms with van der Waals surface area (Å²) in [6.07, 6.45) is -6.35. The third-order valence-electron chi connectivity index (χ3n) is 1.99. The number of anilines is 1. The monoisotopic (exact) mass is 311 g/mol. The van der Waals surface area contributed by atoms with Crippen LogP contribution < -0.4 is 5.32 Å². The normalized spacial score (nSPS) is 12.4. The molecule has 1 aromatic carbocycles. The minimum atomic E-state index is -6.35. The van der Waals surface area contributed by atoms with Gasteiger partial charge in [-0.2, -0.15) is 22.0 Å². The van der Waals surface area contributed by atoms with Crippen LogP contribution in [0.15, 0.2) is 6.07 Å². The molecule has 0 saturated heterocycles. The highest BCUT2D eigenvalue weighted by Crippen LogP contribution is 2.37. The van der Waals surface area contributed by atoms with Crippen LogP contribution >= 0.6 is 0 Å². The summed E-state index contributed by atoms with van der Waals surface area (Å²) in [6.45, 7) is 0. The molecule has 2 nitrogen and oxygen atoms in total. The average molecular weight is 311 g/mol. The highest BCUT2D eigenvalue weighted by Gasteiger charge is 2.63. The maximum Gasteiger partial charge on any atom is 0.463 e. The number of rotatable bonds is 2. The molecule has 1 amide bonds. The van der Waals surface area contributed by atoms with Crippen molar-refractivity contribution >= 4 is 11.6 Å². The molecule has 1 rings (SSSR count). The number of halogens is 9. The molecule has 20 heavy (non-hydrogen) atoms. The number of carbonyl (C=O) groups is 1. The Labute approximate surface area is 104 Å². The van der Waals surface area contributed by atoms with E-state index in [1.807, 2.05) is 0 Å². The second-order valence-corrected chi connectivity index (χ2v) is 3.37. The number of alkyl halides is 5. The molecule has 0 saturated carbocycles. The van der Waals surface area contributed by atoms with Crippen molar-refractivity contribution in [1.82, 2.24) is 0 Å². The molecule has 1 aromatic rings. The molecule has 0 fully saturated rings. The van der Waals surface area contributed by atoms with E-state index in [0.29, 0.717) is 5.32 Å². The largest absolute Gasteiger partial charge is 0.463 e. The zero-order valence-electron chi connectivity index (χ0n) is 8.89. The van der Waals surface area contributed by atoms with Crippen LogP contribution in [0, 0.1) is 23.3 Å². The zero-order valence-corrected chi connectivity index (χ0v) is 8.89. The maximum absolute atomic E-state index is 13.0. The first-order valence-electron chi connectivity index (χ1n) is 4.48. The van der Waals surface area contributed by atoms with Crippen molar-refractivity contribution in [3.63, 3.8) is 0 Å². The number of carbonyl (C=O) groups excluding carboxylic acids is 1. The summed E-state index contributed by atoms with van der Waals surface area (Å²) in [5.74, 6) is -18.0. The summed E-state index contributed by atoms with van der Waals surface area (Å²) in [4.78, 5) is 10.6. The highest BCUT2D eigenvalue weighted by atomic mass is 19.4. The molecule has 0 aliphatic rings. The second kappa shape index (κ2) is 4.87. The number of nitrogens with one attached hydrogen (secondary N) is 1. The van der Waals surface area contributed by atoms with Gasteiger partial charge in [-0.1, -0.05) is 0 Å². The fourth-order valence-electron chi connectivity index (χ4n) is 1.00. The van der Waals surface area contributed by atoms with Crippen LogP contribution in [0.4, 0.5) is 45.2 Å². The summed E-state index contributed by atoms with van der Waals surface area (Å²) in [5, 5.41) is 0.468. The topological polar surface area (TPSA) is 29.1 Å². The van der Waals surface area contributed by atoms with Gasteiger partial charge in [-0.05, 0) is 0 Å². The lowest BCUT2D eigenvalue weighted by molar-refractivity contribution is -0.267. The van der Waals surface area contributed by atoms with Crippen LogP contribution in [0.2, 0.25) is 0 Å². The predicted octanol–water partition coefficient (Wildman–Crippen LogP) is 3.38. The average Bonchev–Trinajstić information content (AvgIpc) is 2.30. The summed E-state index contributed by atoms with van der Waals surface area (Å²) in [5.41, 5.74) is -2.09. The second-order valence-electron chi connectivity index (χ2n) is 3.37. The predicted molar refractivity (Wildman–Crippen MR) is 45.9 cm³/mol. The van der Waals surface area contributed by atoms with Gasteiger partial charge in [0.25, 0.3) is 0 Å². The van der Waals surface area contributed by atoms with Crippen molar-refractivity contribution in [2.24, 2.45) is 0 Å². The van der Waals surface area contributed by atoms with Crippen molar-refractivity contribution in [1.29, 1.82) is 0 Å². The molecule has 0 aromatic heterocycles. The molecular weight excluding hydrogens is 309 g/mol. The Morgan fingerprint density at radius 1 is 0.900 bits per heavy atom. The van der Waals surface area contributed by atoms with Gasteiger partial charge in [-0.25, -0.2) is 17.6 Å². The fraction of sp³-hybridized carbons (Fsp3) is 0.222. The molecule has 0 spiro atoms. The lowest BCUT2D eigenvalue weighted by atomic mass is 10.2. The first-order valence-corrected chi connectivity index (χ1v) is 4.48. The Bertz CT molecular complexity index is 525. The van der Waals surface area contributed by atoms with Crippen LogP contribution in [0.1, 0.15) is 0 Å². The Kier molecular flexibility index (Phi) is 3.92. The van der Waals surface area contributed by atoms with Gasteiger partial charge in [0.1, 0.15) is 5.69 Å². The number of benzene rings is 1. The van der Waals surface area contributed by atoms with E-state index in [1.165, 1.54) is 0 Å². The first kappa shape index (κ1) is 16.1. The quantitative estimate of drug-likeness (QED) is 0.658. The van der Waals surface area contributed by atoms with E-state index in [9.17, 15) is 44.3 Å². The first-order chi connectivity index (χ1) is 8.89. The molecule has 0 heterocycles. The van der Waals surface area contributed by atoms with Gasteiger partial charge in [0.05, 0.1) is 0 Å². The Morgan fingerprint density at radius 2 is 1.30 bits per heavy atom. The van der Waals surface area contributed by atoms with Crippen LogP contribution in [0.3, 0.4) is 0 Å². The van der Waals surface area contributed by atoms with Crippen molar-refractivity contribution in [2.45, 2.75) is 12.1 Å². The van der Waals surface area contributed by atoms with E-state index in [1.54, 1.807) is 0 Å². The van der Waals surface area contributed by atoms with Crippen molar-refractivity contribution < 1.29 is 44.3 Å². The smallest absolute Gasteiger partial charge is 0.315 e. The van der Waals surface area contributed by atoms with Crippen molar-refractivity contribution in [3.8, 4) is 0 Å². The van der Waals surface area contributed by atoms with E-state index in [2.05, 4.69) is 0 Å². The SMILES string of the molecule is O=C(Nc1c(F)c(F)cc(F)c1F)C(F)(F)C(F)(F)F. The van der Waals surface area contributed by atoms with E-state index >= 15 is 0 Å². The van der Waals surface area contributed by atoms with Crippen molar-refractivity contribution in [2.75, 3.05) is 5.32 Å². The molecular formula is C9H2F9NO. The number of amides is 1. The lowest BCUT2D eigenvalue weighted by Crippen LogP contribution is -2.47. The zero-order chi connectivity index (χ0) is 15.9. The molecule has 0 radical (unpaired) electrons. The van der Waals surface area contributed by atoms with Crippen LogP contribution in [-0.4, -0.2) is 18.0 Å². The molecule has 11 heteroatoms. The van der Waals surface area contributed by atoms with Gasteiger partial charge in [0.15, 0.2) is 23.3 Å². The van der Waals surface area contributed by atoms with Crippen molar-refractivity contribution in [3.05, 3.63) is 29.3 Å². The summed E-state index contributed by atoms with van der Waals surface area (Å²) >= 11 is 0. The Morgan fingerprint density at radius 3 is 1.65 bits per heavy atom. The Balaban J connectivity index is 3.22. The molecule has 0 aliphatic carbocycles. The molecule has 112 valence electrons. The lowest BCUT2D eigenvalue weighted by Gasteiger charge is -2.19. The Hall–Kier alpha value is -1.94. The molecule has 0 atom stereocenters. The van der Waals surface area contributed by atoms with E-state index in [-0.39, 0.29) is 6.07 Å². The van der Waals surface area contributed by atoms with Gasteiger partial charge in [-0.3, -0.25) is 4.79 Å². The minimum absolute atomic E-state index is 0.317. The standard InChI is InChI=1S/C9H2F9NO/c10-2-1-3(11)5(13)6(4(2)12)19-7(20)8(14,15)9(16,17)18/h1H,(H,19,20). The number of hydrogen-bond acceptors (Lipinski definition) is 1. The molecule has 1 N–H and O–H groups in total. The summed E-state index contributed by atoms with van der Waals surface area (Å²) < 4.78 is 112. The van der Waals surface area contributed by atoms with Gasteiger partial charge in [0, 0.05) is 6.07 Å². The third kappa shape index (κ3) is 2.65. The highest BCUT2D eigenvalue weighted by molar-refractivity contribution is 5.96. The van der Waals surface area contributed by atoms with Gasteiger partial charge < -0.3 is 5.32 Å². The van der Waals surface area contributed by atoms with E-state index in [0.717, 1.165) is 0 Å². The summed E-state index contributed by atoms with van der Waals surface area (Å²) in [6, 6.07) is -0.317. The van der Waals surface area contributed by atoms with Gasteiger partial charge >= 0.3 is 18.0 Å². The number of hydrogen-bond donors (Lipinski definition) is 1. The van der Waals surface area contributed by atoms with Gasteiger partial charge in [0.2, 0.25) is 0 Å². The molecule has 0 unspecified atom stereocenters. The van der Waals surface area contributed by atoms with E-state index < -0.39 is 47.0 Å². The maximum atomic E-state index is 13.0. The van der Waals surface area contributed by atoms with Gasteiger partial charge in [-0.15, -0.1) is 0 Å². The van der Waals surface area contributed by atoms with Crippen LogP contribution in [-0.2, 0) is 4.79 Å². The molecule has 0 bridgehead atoms. The minimum Gasteiger partial charge on any atom is -0.315 e. The molecule has 0 aliphatic heterocycles. The van der Waals surface area contributed by atoms with E-state index in [4.69, 9.17) is 0 Å². The summed E-state index contributed by atoms with van der Waals surface area (Å²) in [7, 11) is 0. The third-order valence-corrected chi connectivity index (χ3v) is 1.99. The van der Waals surface area contributed by atoms with Crippen LogP contribution in [0.25, 0.3) is 0 Å². The fourth-order valence-corrected chi connectivity index (χ4v) is 1.00.